The van der Waals surface area contributed by atoms with Crippen molar-refractivity contribution in [3.8, 4) is 11.5 Å². The minimum Gasteiger partial charge on any atom is -0.493 e. The van der Waals surface area contributed by atoms with E-state index >= 15 is 0 Å². The average Bonchev–Trinajstić information content (AvgIpc) is 2.71. The van der Waals surface area contributed by atoms with Gasteiger partial charge in [0, 0.05) is 20.3 Å². The van der Waals surface area contributed by atoms with Crippen LogP contribution in [0.4, 0.5) is 5.69 Å². The molecular weight excluding hydrogens is 364 g/mol. The molecule has 0 bridgehead atoms. The number of carbonyl (C=O) groups excluding carboxylic acids is 1. The molecular formula is C19H20N4O5. The number of pyridine rings is 1. The van der Waals surface area contributed by atoms with E-state index in [9.17, 15) is 14.4 Å². The fraction of sp³-hybridized carbons (Fsp3) is 0.263. The molecule has 1 aromatic carbocycles. The monoisotopic (exact) mass is 384 g/mol. The molecule has 28 heavy (non-hydrogen) atoms. The number of ether oxygens (including phenoxy) is 2. The van der Waals surface area contributed by atoms with Crippen LogP contribution in [0.1, 0.15) is 15.9 Å². The van der Waals surface area contributed by atoms with Crippen molar-refractivity contribution in [1.82, 2.24) is 14.1 Å². The summed E-state index contributed by atoms with van der Waals surface area (Å²) in [4.78, 5) is 42.1. The maximum atomic E-state index is 13.0. The molecule has 2 aromatic heterocycles. The first-order valence-corrected chi connectivity index (χ1v) is 8.39. The summed E-state index contributed by atoms with van der Waals surface area (Å²) < 4.78 is 12.8. The van der Waals surface area contributed by atoms with Crippen LogP contribution in [0.2, 0.25) is 0 Å². The Morgan fingerprint density at radius 3 is 2.46 bits per heavy atom. The van der Waals surface area contributed by atoms with Crippen LogP contribution in [0.5, 0.6) is 11.5 Å². The summed E-state index contributed by atoms with van der Waals surface area (Å²) in [6, 6.07) is 4.92. The minimum atomic E-state index is -0.540. The number of benzene rings is 1. The maximum absolute atomic E-state index is 13.0. The second kappa shape index (κ2) is 7.18. The number of anilines is 1. The standard InChI is InChI=1S/C19H20N4O5/c1-10-9-20-16-13(18(25)23(3)19(26)22(16)2)14(10)21-17(24)11-7-6-8-12(27-4)15(11)28-5/h6-9H,1-5H3,(H,20,21,24). The van der Waals surface area contributed by atoms with E-state index in [1.165, 1.54) is 39.1 Å². The molecule has 0 radical (unpaired) electrons. The lowest BCUT2D eigenvalue weighted by atomic mass is 10.1. The SMILES string of the molecule is COc1cccc(C(=O)Nc2c(C)cnc3c2c(=O)n(C)c(=O)n3C)c1OC. The molecule has 3 aromatic rings. The molecule has 9 heteroatoms. The first-order chi connectivity index (χ1) is 13.3. The Hall–Kier alpha value is -3.62. The number of para-hydroxylation sites is 1. The van der Waals surface area contributed by atoms with Gasteiger partial charge in [-0.2, -0.15) is 0 Å². The van der Waals surface area contributed by atoms with E-state index < -0.39 is 17.2 Å². The minimum absolute atomic E-state index is 0.153. The van der Waals surface area contributed by atoms with Crippen LogP contribution in [-0.2, 0) is 14.1 Å². The largest absolute Gasteiger partial charge is 0.493 e. The van der Waals surface area contributed by atoms with E-state index in [0.29, 0.717) is 11.3 Å². The molecule has 0 aliphatic rings. The molecule has 3 rings (SSSR count). The van der Waals surface area contributed by atoms with Crippen LogP contribution in [-0.4, -0.2) is 34.2 Å². The number of nitrogens with zero attached hydrogens (tertiary/aromatic N) is 3. The summed E-state index contributed by atoms with van der Waals surface area (Å²) >= 11 is 0. The number of aromatic nitrogens is 3. The molecule has 2 heterocycles. The molecule has 0 aliphatic carbocycles. The first kappa shape index (κ1) is 19.2. The Bertz CT molecular complexity index is 1210. The number of carbonyl (C=O) groups is 1. The number of rotatable bonds is 4. The highest BCUT2D eigenvalue weighted by molar-refractivity contribution is 6.10. The Kier molecular flexibility index (Phi) is 4.91. The molecule has 1 N–H and O–H groups in total. The van der Waals surface area contributed by atoms with Gasteiger partial charge in [0.1, 0.15) is 5.39 Å². The van der Waals surface area contributed by atoms with Gasteiger partial charge in [0.2, 0.25) is 0 Å². The number of amides is 1. The lowest BCUT2D eigenvalue weighted by Gasteiger charge is -2.15. The second-order valence-electron chi connectivity index (χ2n) is 6.22. The fourth-order valence-electron chi connectivity index (χ4n) is 3.03. The molecule has 0 spiro atoms. The molecule has 9 nitrogen and oxygen atoms in total. The van der Waals surface area contributed by atoms with E-state index in [1.54, 1.807) is 25.1 Å². The van der Waals surface area contributed by atoms with Crippen molar-refractivity contribution < 1.29 is 14.3 Å². The van der Waals surface area contributed by atoms with Crippen molar-refractivity contribution in [2.45, 2.75) is 6.92 Å². The molecule has 0 saturated heterocycles. The zero-order chi connectivity index (χ0) is 20.6. The summed E-state index contributed by atoms with van der Waals surface area (Å²) in [6.45, 7) is 1.72. The summed E-state index contributed by atoms with van der Waals surface area (Å²) in [7, 11) is 5.81. The Morgan fingerprint density at radius 2 is 1.82 bits per heavy atom. The first-order valence-electron chi connectivity index (χ1n) is 8.39. The number of aryl methyl sites for hydroxylation is 2. The van der Waals surface area contributed by atoms with Crippen LogP contribution in [0.3, 0.4) is 0 Å². The molecule has 146 valence electrons. The predicted molar refractivity (Wildman–Crippen MR) is 104 cm³/mol. The van der Waals surface area contributed by atoms with Gasteiger partial charge in [-0.3, -0.25) is 18.7 Å². The van der Waals surface area contributed by atoms with Gasteiger partial charge in [-0.1, -0.05) is 6.07 Å². The van der Waals surface area contributed by atoms with Crippen molar-refractivity contribution >= 4 is 22.6 Å². The number of fused-ring (bicyclic) bond motifs is 1. The lowest BCUT2D eigenvalue weighted by Crippen LogP contribution is -2.37. The maximum Gasteiger partial charge on any atom is 0.332 e. The quantitative estimate of drug-likeness (QED) is 0.725. The molecule has 0 saturated carbocycles. The number of hydrogen-bond acceptors (Lipinski definition) is 6. The van der Waals surface area contributed by atoms with Crippen molar-refractivity contribution in [3.63, 3.8) is 0 Å². The summed E-state index contributed by atoms with van der Waals surface area (Å²) in [5, 5.41) is 2.92. The Morgan fingerprint density at radius 1 is 1.11 bits per heavy atom. The van der Waals surface area contributed by atoms with Crippen LogP contribution in [0.25, 0.3) is 11.0 Å². The molecule has 0 unspecified atom stereocenters. The average molecular weight is 384 g/mol. The normalized spacial score (nSPS) is 10.8. The van der Waals surface area contributed by atoms with Gasteiger partial charge in [-0.05, 0) is 24.6 Å². The third-order valence-electron chi connectivity index (χ3n) is 4.54. The van der Waals surface area contributed by atoms with E-state index in [-0.39, 0.29) is 28.0 Å². The van der Waals surface area contributed by atoms with Gasteiger partial charge >= 0.3 is 5.69 Å². The highest BCUT2D eigenvalue weighted by Gasteiger charge is 2.21. The second-order valence-corrected chi connectivity index (χ2v) is 6.22. The smallest absolute Gasteiger partial charge is 0.332 e. The van der Waals surface area contributed by atoms with E-state index in [2.05, 4.69) is 10.3 Å². The zero-order valence-corrected chi connectivity index (χ0v) is 16.2. The number of nitrogens with one attached hydrogen (secondary N) is 1. The molecule has 0 atom stereocenters. The highest BCUT2D eigenvalue weighted by atomic mass is 16.5. The topological polar surface area (TPSA) is 104 Å². The van der Waals surface area contributed by atoms with Crippen molar-refractivity contribution in [1.29, 1.82) is 0 Å². The summed E-state index contributed by atoms with van der Waals surface area (Å²) in [5.74, 6) is 0.200. The third kappa shape index (κ3) is 2.90. The van der Waals surface area contributed by atoms with E-state index in [0.717, 1.165) is 4.57 Å². The van der Waals surface area contributed by atoms with Crippen molar-refractivity contribution in [2.75, 3.05) is 19.5 Å². The van der Waals surface area contributed by atoms with Gasteiger partial charge in [0.05, 0.1) is 25.5 Å². The molecule has 0 fully saturated rings. The molecule has 0 aliphatic heterocycles. The Balaban J connectivity index is 2.21. The highest BCUT2D eigenvalue weighted by Crippen LogP contribution is 2.32. The van der Waals surface area contributed by atoms with Crippen LogP contribution >= 0.6 is 0 Å². The van der Waals surface area contributed by atoms with Gasteiger partial charge in [-0.15, -0.1) is 0 Å². The van der Waals surface area contributed by atoms with Crippen LogP contribution in [0, 0.1) is 6.92 Å². The van der Waals surface area contributed by atoms with Crippen LogP contribution in [0.15, 0.2) is 34.0 Å². The predicted octanol–water partition coefficient (Wildman–Crippen LogP) is 1.21. The van der Waals surface area contributed by atoms with Crippen LogP contribution < -0.4 is 26.0 Å². The molecule has 1 amide bonds. The zero-order valence-electron chi connectivity index (χ0n) is 16.2. The Labute approximate surface area is 160 Å². The van der Waals surface area contributed by atoms with Crippen molar-refractivity contribution in [3.05, 3.63) is 56.4 Å². The van der Waals surface area contributed by atoms with Crippen molar-refractivity contribution in [2.24, 2.45) is 14.1 Å². The van der Waals surface area contributed by atoms with Gasteiger partial charge < -0.3 is 14.8 Å². The number of methoxy groups -OCH3 is 2. The third-order valence-corrected chi connectivity index (χ3v) is 4.54. The van der Waals surface area contributed by atoms with Gasteiger partial charge in [-0.25, -0.2) is 9.78 Å². The summed E-state index contributed by atoms with van der Waals surface area (Å²) in [5.41, 5.74) is 0.261. The lowest BCUT2D eigenvalue weighted by molar-refractivity contribution is 0.102. The van der Waals surface area contributed by atoms with Gasteiger partial charge in [0.25, 0.3) is 11.5 Å². The fourth-order valence-corrected chi connectivity index (χ4v) is 3.03. The number of hydrogen-bond donors (Lipinski definition) is 1. The van der Waals surface area contributed by atoms with E-state index in [4.69, 9.17) is 9.47 Å². The summed E-state index contributed by atoms with van der Waals surface area (Å²) in [6.07, 6.45) is 1.50. The van der Waals surface area contributed by atoms with Gasteiger partial charge in [0.15, 0.2) is 17.1 Å². The van der Waals surface area contributed by atoms with E-state index in [1.807, 2.05) is 0 Å².